The standard InChI is InChI=1S/C11H5BrClFN2O/c12-6-1-2-9(14)7(3-6)10-8(4-17)11(13)16-5-15-10/h1-5H. The molecule has 0 fully saturated rings. The van der Waals surface area contributed by atoms with Crippen LogP contribution in [-0.4, -0.2) is 16.3 Å². The summed E-state index contributed by atoms with van der Waals surface area (Å²) < 4.78 is 14.3. The van der Waals surface area contributed by atoms with Gasteiger partial charge in [0.2, 0.25) is 0 Å². The highest BCUT2D eigenvalue weighted by molar-refractivity contribution is 9.10. The molecule has 0 aliphatic carbocycles. The fraction of sp³-hybridized carbons (Fsp3) is 0. The minimum absolute atomic E-state index is 0.00405. The molecule has 2 rings (SSSR count). The van der Waals surface area contributed by atoms with Crippen LogP contribution in [0.3, 0.4) is 0 Å². The van der Waals surface area contributed by atoms with Crippen molar-refractivity contribution in [2.45, 2.75) is 0 Å². The Morgan fingerprint density at radius 2 is 2.12 bits per heavy atom. The monoisotopic (exact) mass is 314 g/mol. The molecule has 0 aliphatic heterocycles. The topological polar surface area (TPSA) is 42.9 Å². The lowest BCUT2D eigenvalue weighted by atomic mass is 10.1. The number of halogens is 3. The van der Waals surface area contributed by atoms with E-state index in [-0.39, 0.29) is 22.0 Å². The van der Waals surface area contributed by atoms with Crippen LogP contribution in [0.4, 0.5) is 4.39 Å². The molecular formula is C11H5BrClFN2O. The van der Waals surface area contributed by atoms with Crippen LogP contribution in [0, 0.1) is 5.82 Å². The molecule has 1 aromatic heterocycles. The third-order valence-corrected chi connectivity index (χ3v) is 2.93. The number of hydrogen-bond acceptors (Lipinski definition) is 3. The predicted octanol–water partition coefficient (Wildman–Crippen LogP) is 3.51. The molecule has 0 saturated carbocycles. The summed E-state index contributed by atoms with van der Waals surface area (Å²) in [5.41, 5.74) is 0.454. The number of benzene rings is 1. The second-order valence-corrected chi connectivity index (χ2v) is 4.44. The van der Waals surface area contributed by atoms with Crippen molar-refractivity contribution in [3.63, 3.8) is 0 Å². The van der Waals surface area contributed by atoms with Crippen LogP contribution in [0.25, 0.3) is 11.3 Å². The summed E-state index contributed by atoms with van der Waals surface area (Å²) in [7, 11) is 0. The van der Waals surface area contributed by atoms with Crippen molar-refractivity contribution in [3.8, 4) is 11.3 Å². The second kappa shape index (κ2) is 4.89. The Kier molecular flexibility index (Phi) is 3.49. The van der Waals surface area contributed by atoms with Crippen LogP contribution in [0.15, 0.2) is 29.0 Å². The minimum atomic E-state index is -0.480. The first-order chi connectivity index (χ1) is 8.13. The first-order valence-electron chi connectivity index (χ1n) is 4.54. The fourth-order valence-electron chi connectivity index (χ4n) is 1.37. The van der Waals surface area contributed by atoms with Crippen LogP contribution in [0.2, 0.25) is 5.15 Å². The zero-order valence-electron chi connectivity index (χ0n) is 8.32. The SMILES string of the molecule is O=Cc1c(Cl)ncnc1-c1cc(Br)ccc1F. The smallest absolute Gasteiger partial charge is 0.155 e. The van der Waals surface area contributed by atoms with E-state index in [0.717, 1.165) is 0 Å². The molecular weight excluding hydrogens is 310 g/mol. The molecule has 0 amide bonds. The van der Waals surface area contributed by atoms with Gasteiger partial charge < -0.3 is 0 Å². The van der Waals surface area contributed by atoms with E-state index in [4.69, 9.17) is 11.6 Å². The van der Waals surface area contributed by atoms with E-state index in [9.17, 15) is 9.18 Å². The van der Waals surface area contributed by atoms with Gasteiger partial charge in [-0.3, -0.25) is 4.79 Å². The van der Waals surface area contributed by atoms with Crippen molar-refractivity contribution in [2.75, 3.05) is 0 Å². The van der Waals surface area contributed by atoms with Crippen LogP contribution < -0.4 is 0 Å². The van der Waals surface area contributed by atoms with Gasteiger partial charge in [0.1, 0.15) is 17.3 Å². The number of aromatic nitrogens is 2. The summed E-state index contributed by atoms with van der Waals surface area (Å²) in [5, 5.41) is 0.00405. The van der Waals surface area contributed by atoms with Crippen LogP contribution in [-0.2, 0) is 0 Å². The number of carbonyl (C=O) groups excluding carboxylic acids is 1. The molecule has 0 N–H and O–H groups in total. The number of aldehydes is 1. The fourth-order valence-corrected chi connectivity index (χ4v) is 1.91. The van der Waals surface area contributed by atoms with Gasteiger partial charge in [0.15, 0.2) is 6.29 Å². The first kappa shape index (κ1) is 12.1. The Bertz CT molecular complexity index is 592. The summed E-state index contributed by atoms with van der Waals surface area (Å²) in [5.74, 6) is -0.480. The van der Waals surface area contributed by atoms with Crippen LogP contribution in [0.1, 0.15) is 10.4 Å². The van der Waals surface area contributed by atoms with Crippen molar-refractivity contribution in [1.82, 2.24) is 9.97 Å². The summed E-state index contributed by atoms with van der Waals surface area (Å²) in [6.45, 7) is 0. The molecule has 0 bridgehead atoms. The van der Waals surface area contributed by atoms with Gasteiger partial charge in [0.05, 0.1) is 11.3 Å². The molecule has 0 unspecified atom stereocenters. The number of carbonyl (C=O) groups is 1. The van der Waals surface area contributed by atoms with Crippen LogP contribution >= 0.6 is 27.5 Å². The van der Waals surface area contributed by atoms with Crippen LogP contribution in [0.5, 0.6) is 0 Å². The molecule has 0 radical (unpaired) electrons. The molecule has 0 saturated heterocycles. The lowest BCUT2D eigenvalue weighted by Crippen LogP contribution is -1.97. The average Bonchev–Trinajstić information content (AvgIpc) is 2.32. The maximum atomic E-state index is 13.7. The van der Waals surface area contributed by atoms with E-state index in [1.54, 1.807) is 6.07 Å². The summed E-state index contributed by atoms with van der Waals surface area (Å²) in [6.07, 6.45) is 1.70. The highest BCUT2D eigenvalue weighted by Crippen LogP contribution is 2.28. The zero-order valence-corrected chi connectivity index (χ0v) is 10.7. The average molecular weight is 316 g/mol. The van der Waals surface area contributed by atoms with Gasteiger partial charge in [0, 0.05) is 10.0 Å². The summed E-state index contributed by atoms with van der Waals surface area (Å²) in [4.78, 5) is 18.5. The zero-order chi connectivity index (χ0) is 12.4. The Balaban J connectivity index is 2.72. The molecule has 0 spiro atoms. The van der Waals surface area contributed by atoms with E-state index in [0.29, 0.717) is 10.8 Å². The van der Waals surface area contributed by atoms with Gasteiger partial charge in [-0.1, -0.05) is 27.5 Å². The lowest BCUT2D eigenvalue weighted by molar-refractivity contribution is 0.112. The largest absolute Gasteiger partial charge is 0.298 e. The number of rotatable bonds is 2. The normalized spacial score (nSPS) is 10.3. The van der Waals surface area contributed by atoms with E-state index < -0.39 is 5.82 Å². The first-order valence-corrected chi connectivity index (χ1v) is 5.71. The molecule has 0 atom stereocenters. The van der Waals surface area contributed by atoms with E-state index >= 15 is 0 Å². The molecule has 17 heavy (non-hydrogen) atoms. The minimum Gasteiger partial charge on any atom is -0.298 e. The molecule has 1 aromatic carbocycles. The predicted molar refractivity (Wildman–Crippen MR) is 65.5 cm³/mol. The third-order valence-electron chi connectivity index (χ3n) is 2.14. The van der Waals surface area contributed by atoms with Gasteiger partial charge in [-0.25, -0.2) is 14.4 Å². The van der Waals surface area contributed by atoms with E-state index in [1.165, 1.54) is 18.5 Å². The second-order valence-electron chi connectivity index (χ2n) is 3.17. The Morgan fingerprint density at radius 1 is 1.35 bits per heavy atom. The van der Waals surface area contributed by atoms with E-state index in [1.807, 2.05) is 0 Å². The number of nitrogens with zero attached hydrogens (tertiary/aromatic N) is 2. The van der Waals surface area contributed by atoms with Crippen molar-refractivity contribution in [3.05, 3.63) is 45.5 Å². The Labute approximate surface area is 110 Å². The molecule has 1 heterocycles. The summed E-state index contributed by atoms with van der Waals surface area (Å²) in [6, 6.07) is 4.37. The van der Waals surface area contributed by atoms with Gasteiger partial charge in [0.25, 0.3) is 0 Å². The van der Waals surface area contributed by atoms with Crippen molar-refractivity contribution in [1.29, 1.82) is 0 Å². The lowest BCUT2D eigenvalue weighted by Gasteiger charge is -2.06. The third kappa shape index (κ3) is 2.35. The molecule has 3 nitrogen and oxygen atoms in total. The van der Waals surface area contributed by atoms with E-state index in [2.05, 4.69) is 25.9 Å². The Morgan fingerprint density at radius 3 is 2.82 bits per heavy atom. The quantitative estimate of drug-likeness (QED) is 0.629. The van der Waals surface area contributed by atoms with Gasteiger partial charge in [-0.2, -0.15) is 0 Å². The van der Waals surface area contributed by atoms with Crippen molar-refractivity contribution in [2.24, 2.45) is 0 Å². The van der Waals surface area contributed by atoms with Crippen molar-refractivity contribution < 1.29 is 9.18 Å². The van der Waals surface area contributed by atoms with Crippen molar-refractivity contribution >= 4 is 33.8 Å². The number of hydrogen-bond donors (Lipinski definition) is 0. The van der Waals surface area contributed by atoms with Gasteiger partial charge >= 0.3 is 0 Å². The maximum Gasteiger partial charge on any atom is 0.155 e. The Hall–Kier alpha value is -1.33. The molecule has 0 aliphatic rings. The maximum absolute atomic E-state index is 13.7. The highest BCUT2D eigenvalue weighted by atomic mass is 79.9. The highest BCUT2D eigenvalue weighted by Gasteiger charge is 2.14. The van der Waals surface area contributed by atoms with Gasteiger partial charge in [-0.15, -0.1) is 0 Å². The molecule has 6 heteroatoms. The van der Waals surface area contributed by atoms with Gasteiger partial charge in [-0.05, 0) is 18.2 Å². The summed E-state index contributed by atoms with van der Waals surface area (Å²) >= 11 is 8.98. The molecule has 2 aromatic rings. The molecule has 86 valence electrons.